The Morgan fingerprint density at radius 3 is 2.62 bits per heavy atom. The molecular weight excluding hydrogens is 486 g/mol. The van der Waals surface area contributed by atoms with Crippen molar-refractivity contribution >= 4 is 38.3 Å². The van der Waals surface area contributed by atoms with Crippen LogP contribution in [0.2, 0.25) is 0 Å². The standard InChI is InChI=1S/C29H27N3O4S/c1-17-15-21(36-20-5-3-2-4-6-20)11-12-22(17)32-23-13-14-30-28-25(23)26(31-29(32)35)27(37-28)24(34)16-18-7-9-19(33)10-8-18/h2-6,11-15,18-19,33-34H,7-10,16H2,1H3. The summed E-state index contributed by atoms with van der Waals surface area (Å²) >= 11 is 1.37. The van der Waals surface area contributed by atoms with Gasteiger partial charge in [-0.3, -0.25) is 4.57 Å². The van der Waals surface area contributed by atoms with E-state index in [1.54, 1.807) is 10.8 Å². The molecule has 0 spiro atoms. The summed E-state index contributed by atoms with van der Waals surface area (Å²) in [7, 11) is 0. The second-order valence-electron chi connectivity index (χ2n) is 9.71. The highest BCUT2D eigenvalue weighted by molar-refractivity contribution is 7.17. The molecule has 2 N–H and O–H groups in total. The van der Waals surface area contributed by atoms with Crippen LogP contribution in [0.15, 0.2) is 65.6 Å². The van der Waals surface area contributed by atoms with E-state index in [2.05, 4.69) is 9.97 Å². The van der Waals surface area contributed by atoms with Crippen molar-refractivity contribution in [3.8, 4) is 17.2 Å². The number of benzene rings is 2. The molecule has 1 saturated carbocycles. The molecule has 0 atom stereocenters. The molecule has 5 aromatic rings. The minimum atomic E-state index is -0.409. The molecule has 0 saturated heterocycles. The lowest BCUT2D eigenvalue weighted by Gasteiger charge is -2.24. The summed E-state index contributed by atoms with van der Waals surface area (Å²) < 4.78 is 8.18. The Morgan fingerprint density at radius 1 is 1.08 bits per heavy atom. The van der Waals surface area contributed by atoms with Gasteiger partial charge in [0.15, 0.2) is 0 Å². The van der Waals surface area contributed by atoms with Gasteiger partial charge in [0.25, 0.3) is 0 Å². The van der Waals surface area contributed by atoms with E-state index in [4.69, 9.17) is 4.74 Å². The third kappa shape index (κ3) is 4.47. The van der Waals surface area contributed by atoms with E-state index in [1.165, 1.54) is 11.3 Å². The average Bonchev–Trinajstić information content (AvgIpc) is 3.27. The molecule has 1 fully saturated rings. The Bertz CT molecular complexity index is 1700. The normalized spacial score (nSPS) is 18.9. The predicted molar refractivity (Wildman–Crippen MR) is 146 cm³/mol. The summed E-state index contributed by atoms with van der Waals surface area (Å²) in [6.07, 6.45) is 5.23. The van der Waals surface area contributed by atoms with Crippen molar-refractivity contribution in [3.05, 3.63) is 81.4 Å². The van der Waals surface area contributed by atoms with Gasteiger partial charge < -0.3 is 14.9 Å². The van der Waals surface area contributed by atoms with E-state index in [9.17, 15) is 15.0 Å². The third-order valence-electron chi connectivity index (χ3n) is 7.13. The highest BCUT2D eigenvalue weighted by atomic mass is 32.1. The van der Waals surface area contributed by atoms with E-state index in [-0.39, 0.29) is 11.9 Å². The molecular formula is C29H27N3O4S. The predicted octanol–water partition coefficient (Wildman–Crippen LogP) is 5.42. The van der Waals surface area contributed by atoms with Crippen LogP contribution in [0.5, 0.6) is 11.5 Å². The number of thiophene rings is 1. The number of aliphatic hydroxyl groups excluding tert-OH is 2. The Kier molecular flexibility index (Phi) is 6.14. The van der Waals surface area contributed by atoms with Gasteiger partial charge in [-0.1, -0.05) is 18.2 Å². The average molecular weight is 514 g/mol. The molecule has 0 radical (unpaired) electrons. The van der Waals surface area contributed by atoms with Crippen LogP contribution in [0.3, 0.4) is 0 Å². The monoisotopic (exact) mass is 513 g/mol. The zero-order valence-electron chi connectivity index (χ0n) is 20.4. The number of para-hydroxylation sites is 1. The van der Waals surface area contributed by atoms with Crippen LogP contribution in [-0.2, 0) is 0 Å². The molecule has 0 amide bonds. The second kappa shape index (κ2) is 9.61. The van der Waals surface area contributed by atoms with Gasteiger partial charge in [0.05, 0.1) is 27.2 Å². The van der Waals surface area contributed by atoms with Crippen molar-refractivity contribution in [1.29, 1.82) is 0 Å². The first-order valence-corrected chi connectivity index (χ1v) is 13.3. The lowest BCUT2D eigenvalue weighted by molar-refractivity contribution is 0.108. The van der Waals surface area contributed by atoms with Crippen molar-refractivity contribution in [2.75, 3.05) is 0 Å². The number of nitrogens with zero attached hydrogens (tertiary/aromatic N) is 3. The lowest BCUT2D eigenvalue weighted by Crippen LogP contribution is -2.24. The quantitative estimate of drug-likeness (QED) is 0.326. The molecule has 1 aliphatic carbocycles. The molecule has 3 heterocycles. The molecule has 0 bridgehead atoms. The number of aliphatic hydroxyl groups is 2. The van der Waals surface area contributed by atoms with Crippen molar-refractivity contribution in [2.24, 2.45) is 5.92 Å². The van der Waals surface area contributed by atoms with Gasteiger partial charge in [0.2, 0.25) is 0 Å². The smallest absolute Gasteiger partial charge is 0.353 e. The number of ether oxygens (including phenoxy) is 1. The van der Waals surface area contributed by atoms with E-state index in [0.717, 1.165) is 47.2 Å². The topological polar surface area (TPSA) is 97.5 Å². The minimum absolute atomic E-state index is 0.239. The highest BCUT2D eigenvalue weighted by Gasteiger charge is 2.23. The number of hydrogen-bond acceptors (Lipinski definition) is 7. The molecule has 6 rings (SSSR count). The number of hydrogen-bond donors (Lipinski definition) is 2. The van der Waals surface area contributed by atoms with E-state index in [0.29, 0.717) is 39.3 Å². The van der Waals surface area contributed by atoms with Gasteiger partial charge in [0, 0.05) is 12.6 Å². The molecule has 8 heteroatoms. The molecule has 7 nitrogen and oxygen atoms in total. The third-order valence-corrected chi connectivity index (χ3v) is 8.27. The van der Waals surface area contributed by atoms with E-state index in [1.807, 2.05) is 61.5 Å². The first-order valence-electron chi connectivity index (χ1n) is 12.5. The first kappa shape index (κ1) is 23.6. The van der Waals surface area contributed by atoms with Crippen LogP contribution in [0.4, 0.5) is 0 Å². The van der Waals surface area contributed by atoms with Crippen LogP contribution in [0, 0.1) is 12.8 Å². The zero-order chi connectivity index (χ0) is 25.5. The molecule has 3 aromatic heterocycles. The number of aromatic nitrogens is 3. The SMILES string of the molecule is Cc1cc(Oc2ccccc2)ccc1-n1c(=O)nc2c(=C(O)CC3CCC(O)CC3)sc3nccc1c32. The molecule has 188 valence electrons. The Hall–Kier alpha value is -3.75. The van der Waals surface area contributed by atoms with Gasteiger partial charge in [-0.15, -0.1) is 11.3 Å². The summed E-state index contributed by atoms with van der Waals surface area (Å²) in [6, 6.07) is 17.0. The molecule has 37 heavy (non-hydrogen) atoms. The lowest BCUT2D eigenvalue weighted by atomic mass is 9.85. The van der Waals surface area contributed by atoms with Gasteiger partial charge >= 0.3 is 5.69 Å². The van der Waals surface area contributed by atoms with Crippen LogP contribution in [0.1, 0.15) is 37.7 Å². The van der Waals surface area contributed by atoms with E-state index < -0.39 is 5.69 Å². The van der Waals surface area contributed by atoms with Crippen molar-refractivity contribution in [2.45, 2.75) is 45.1 Å². The number of rotatable bonds is 5. The molecule has 2 aromatic carbocycles. The Labute approximate surface area is 217 Å². The van der Waals surface area contributed by atoms with Crippen molar-refractivity contribution in [1.82, 2.24) is 14.5 Å². The minimum Gasteiger partial charge on any atom is -0.511 e. The number of aryl methyl sites for hydroxylation is 1. The van der Waals surface area contributed by atoms with Crippen LogP contribution in [0.25, 0.3) is 32.7 Å². The summed E-state index contributed by atoms with van der Waals surface area (Å²) in [5, 5.41) is 21.6. The maximum absolute atomic E-state index is 13.4. The number of pyridine rings is 1. The second-order valence-corrected chi connectivity index (χ2v) is 10.7. The van der Waals surface area contributed by atoms with Crippen LogP contribution in [-0.4, -0.2) is 30.9 Å². The maximum Gasteiger partial charge on any atom is 0.353 e. The fraction of sp³-hybridized carbons (Fsp3) is 0.276. The van der Waals surface area contributed by atoms with Crippen LogP contribution < -0.4 is 15.0 Å². The van der Waals surface area contributed by atoms with Gasteiger partial charge in [0.1, 0.15) is 27.6 Å². The molecule has 1 aliphatic rings. The Morgan fingerprint density at radius 2 is 1.86 bits per heavy atom. The highest BCUT2D eigenvalue weighted by Crippen LogP contribution is 2.32. The molecule has 0 aliphatic heterocycles. The maximum atomic E-state index is 13.4. The summed E-state index contributed by atoms with van der Waals surface area (Å²) in [5.74, 6) is 1.98. The van der Waals surface area contributed by atoms with Gasteiger partial charge in [-0.25, -0.2) is 9.78 Å². The zero-order valence-corrected chi connectivity index (χ0v) is 21.2. The largest absolute Gasteiger partial charge is 0.511 e. The van der Waals surface area contributed by atoms with Crippen LogP contribution >= 0.6 is 11.3 Å². The van der Waals surface area contributed by atoms with Crippen molar-refractivity contribution in [3.63, 3.8) is 0 Å². The van der Waals surface area contributed by atoms with Crippen molar-refractivity contribution < 1.29 is 14.9 Å². The molecule has 0 unspecified atom stereocenters. The fourth-order valence-electron chi connectivity index (χ4n) is 5.24. The van der Waals surface area contributed by atoms with E-state index >= 15 is 0 Å². The summed E-state index contributed by atoms with van der Waals surface area (Å²) in [4.78, 5) is 23.1. The van der Waals surface area contributed by atoms with Gasteiger partial charge in [-0.05, 0) is 80.5 Å². The summed E-state index contributed by atoms with van der Waals surface area (Å²) in [6.45, 7) is 1.94. The first-order chi connectivity index (χ1) is 18.0. The van der Waals surface area contributed by atoms with Gasteiger partial charge in [-0.2, -0.15) is 4.98 Å². The Balaban J connectivity index is 1.43. The fourth-order valence-corrected chi connectivity index (χ4v) is 6.30. The summed E-state index contributed by atoms with van der Waals surface area (Å²) in [5.41, 5.74) is 2.38.